The molecular formula is C18H17FN2O3S. The van der Waals surface area contributed by atoms with E-state index >= 15 is 0 Å². The first kappa shape index (κ1) is 17.5. The normalized spacial score (nSPS) is 23.7. The van der Waals surface area contributed by atoms with Crippen LogP contribution >= 0.6 is 0 Å². The first-order chi connectivity index (χ1) is 11.9. The molecule has 1 aliphatic heterocycles. The van der Waals surface area contributed by atoms with E-state index in [1.165, 1.54) is 6.07 Å². The Bertz CT molecular complexity index is 939. The highest BCUT2D eigenvalue weighted by Gasteiger charge is 2.54. The second kappa shape index (κ2) is 6.56. The molecule has 0 aliphatic carbocycles. The van der Waals surface area contributed by atoms with Crippen LogP contribution < -0.4 is 0 Å². The summed E-state index contributed by atoms with van der Waals surface area (Å²) in [4.78, 5) is 0. The lowest BCUT2D eigenvalue weighted by Crippen LogP contribution is -2.64. The molecule has 0 unspecified atom stereocenters. The molecule has 1 fully saturated rings. The SMILES string of the molecule is CS(=O)(=O)N1[C@H](CO)[C@H](c2ccccc2-c2ccccc2F)[C@@H]1C#N. The molecule has 1 N–H and O–H groups in total. The summed E-state index contributed by atoms with van der Waals surface area (Å²) in [7, 11) is -3.64. The van der Waals surface area contributed by atoms with Crippen molar-refractivity contribution < 1.29 is 17.9 Å². The van der Waals surface area contributed by atoms with Crippen molar-refractivity contribution in [3.05, 3.63) is 59.9 Å². The van der Waals surface area contributed by atoms with Crippen molar-refractivity contribution in [2.75, 3.05) is 12.9 Å². The van der Waals surface area contributed by atoms with Gasteiger partial charge in [-0.1, -0.05) is 42.5 Å². The number of aliphatic hydroxyl groups is 1. The Hall–Kier alpha value is -2.27. The molecule has 3 rings (SSSR count). The van der Waals surface area contributed by atoms with E-state index < -0.39 is 40.4 Å². The Labute approximate surface area is 146 Å². The fourth-order valence-electron chi connectivity index (χ4n) is 3.51. The molecule has 1 aliphatic rings. The molecule has 0 bridgehead atoms. The molecule has 1 heterocycles. The molecule has 0 aromatic heterocycles. The van der Waals surface area contributed by atoms with E-state index in [-0.39, 0.29) is 0 Å². The van der Waals surface area contributed by atoms with Gasteiger partial charge in [-0.3, -0.25) is 0 Å². The number of rotatable bonds is 4. The van der Waals surface area contributed by atoms with Gasteiger partial charge in [0.15, 0.2) is 0 Å². The lowest BCUT2D eigenvalue weighted by molar-refractivity contribution is 0.0566. The van der Waals surface area contributed by atoms with Crippen molar-refractivity contribution in [1.29, 1.82) is 5.26 Å². The van der Waals surface area contributed by atoms with Gasteiger partial charge in [0.2, 0.25) is 10.0 Å². The van der Waals surface area contributed by atoms with Crippen molar-refractivity contribution in [2.24, 2.45) is 0 Å². The van der Waals surface area contributed by atoms with E-state index in [2.05, 4.69) is 0 Å². The van der Waals surface area contributed by atoms with Crippen molar-refractivity contribution in [3.63, 3.8) is 0 Å². The number of benzene rings is 2. The average molecular weight is 360 g/mol. The summed E-state index contributed by atoms with van der Waals surface area (Å²) >= 11 is 0. The third-order valence-electron chi connectivity index (χ3n) is 4.54. The molecule has 5 nitrogen and oxygen atoms in total. The van der Waals surface area contributed by atoms with Gasteiger partial charge in [0.1, 0.15) is 11.9 Å². The van der Waals surface area contributed by atoms with E-state index in [1.54, 1.807) is 42.5 Å². The van der Waals surface area contributed by atoms with Crippen molar-refractivity contribution in [1.82, 2.24) is 4.31 Å². The molecule has 0 saturated carbocycles. The number of aliphatic hydroxyl groups excluding tert-OH is 1. The Kier molecular flexibility index (Phi) is 4.60. The lowest BCUT2D eigenvalue weighted by Gasteiger charge is -2.50. The summed E-state index contributed by atoms with van der Waals surface area (Å²) in [6.07, 6.45) is 1.01. The molecule has 0 amide bonds. The van der Waals surface area contributed by atoms with E-state index in [1.807, 2.05) is 6.07 Å². The first-order valence-corrected chi connectivity index (χ1v) is 9.57. The summed E-state index contributed by atoms with van der Waals surface area (Å²) in [5.74, 6) is -0.927. The lowest BCUT2D eigenvalue weighted by atomic mass is 9.75. The topological polar surface area (TPSA) is 81.4 Å². The minimum atomic E-state index is -3.64. The summed E-state index contributed by atoms with van der Waals surface area (Å²) in [6.45, 7) is -0.415. The van der Waals surface area contributed by atoms with E-state index in [0.717, 1.165) is 10.6 Å². The predicted molar refractivity (Wildman–Crippen MR) is 91.5 cm³/mol. The van der Waals surface area contributed by atoms with E-state index in [9.17, 15) is 23.2 Å². The maximum absolute atomic E-state index is 14.2. The van der Waals surface area contributed by atoms with Crippen LogP contribution in [0.1, 0.15) is 11.5 Å². The molecule has 1 saturated heterocycles. The van der Waals surface area contributed by atoms with Crippen molar-refractivity contribution >= 4 is 10.0 Å². The maximum atomic E-state index is 14.2. The molecule has 0 spiro atoms. The smallest absolute Gasteiger partial charge is 0.212 e. The minimum Gasteiger partial charge on any atom is -0.395 e. The van der Waals surface area contributed by atoms with Crippen LogP contribution in [0.5, 0.6) is 0 Å². The van der Waals surface area contributed by atoms with Crippen molar-refractivity contribution in [2.45, 2.75) is 18.0 Å². The quantitative estimate of drug-likeness (QED) is 0.905. The number of halogens is 1. The zero-order valence-electron chi connectivity index (χ0n) is 13.5. The number of hydrogen-bond acceptors (Lipinski definition) is 4. The molecular weight excluding hydrogens is 343 g/mol. The summed E-state index contributed by atoms with van der Waals surface area (Å²) in [6, 6.07) is 13.6. The Morgan fingerprint density at radius 2 is 1.76 bits per heavy atom. The van der Waals surface area contributed by atoms with Gasteiger partial charge in [0.05, 0.1) is 25.0 Å². The van der Waals surface area contributed by atoms with Crippen LogP contribution in [0.3, 0.4) is 0 Å². The van der Waals surface area contributed by atoms with Gasteiger partial charge in [-0.25, -0.2) is 12.8 Å². The third-order valence-corrected chi connectivity index (χ3v) is 5.81. The monoisotopic (exact) mass is 360 g/mol. The Morgan fingerprint density at radius 1 is 1.16 bits per heavy atom. The number of nitrogens with zero attached hydrogens (tertiary/aromatic N) is 2. The highest BCUT2D eigenvalue weighted by atomic mass is 32.2. The van der Waals surface area contributed by atoms with Crippen LogP contribution in [-0.2, 0) is 10.0 Å². The first-order valence-electron chi connectivity index (χ1n) is 7.73. The fourth-order valence-corrected chi connectivity index (χ4v) is 4.79. The van der Waals surface area contributed by atoms with E-state index in [4.69, 9.17) is 0 Å². The summed E-state index contributed by atoms with van der Waals surface area (Å²) in [5, 5.41) is 19.2. The Morgan fingerprint density at radius 3 is 2.32 bits per heavy atom. The second-order valence-corrected chi connectivity index (χ2v) is 7.90. The molecule has 3 atom stereocenters. The maximum Gasteiger partial charge on any atom is 0.212 e. The number of hydrogen-bond donors (Lipinski definition) is 1. The van der Waals surface area contributed by atoms with Crippen LogP contribution in [0.25, 0.3) is 11.1 Å². The van der Waals surface area contributed by atoms with Crippen LogP contribution in [0, 0.1) is 17.1 Å². The zero-order chi connectivity index (χ0) is 18.2. The van der Waals surface area contributed by atoms with Gasteiger partial charge in [0.25, 0.3) is 0 Å². The largest absolute Gasteiger partial charge is 0.395 e. The molecule has 2 aromatic carbocycles. The van der Waals surface area contributed by atoms with Gasteiger partial charge >= 0.3 is 0 Å². The predicted octanol–water partition coefficient (Wildman–Crippen LogP) is 2.10. The van der Waals surface area contributed by atoms with Crippen LogP contribution in [0.2, 0.25) is 0 Å². The minimum absolute atomic E-state index is 0.379. The standard InChI is InChI=1S/C18H17FN2O3S/c1-25(23,24)21-16(10-20)18(17(21)11-22)14-8-3-2-6-12(14)13-7-4-5-9-15(13)19/h2-9,16-18,22H,11H2,1H3/t16-,17+,18+/m0/s1. The van der Waals surface area contributed by atoms with Crippen LogP contribution in [0.15, 0.2) is 48.5 Å². The van der Waals surface area contributed by atoms with Crippen LogP contribution in [0.4, 0.5) is 4.39 Å². The molecule has 0 radical (unpaired) electrons. The zero-order valence-corrected chi connectivity index (χ0v) is 14.3. The average Bonchev–Trinajstić information content (AvgIpc) is 2.54. The Balaban J connectivity index is 2.12. The summed E-state index contributed by atoms with van der Waals surface area (Å²) < 4.78 is 39.2. The second-order valence-electron chi connectivity index (χ2n) is 6.01. The highest BCUT2D eigenvalue weighted by Crippen LogP contribution is 2.45. The van der Waals surface area contributed by atoms with Gasteiger partial charge in [-0.15, -0.1) is 0 Å². The van der Waals surface area contributed by atoms with Gasteiger partial charge in [-0.2, -0.15) is 9.57 Å². The fraction of sp³-hybridized carbons (Fsp3) is 0.278. The van der Waals surface area contributed by atoms with Gasteiger partial charge < -0.3 is 5.11 Å². The summed E-state index contributed by atoms with van der Waals surface area (Å²) in [5.41, 5.74) is 1.62. The van der Waals surface area contributed by atoms with Gasteiger partial charge in [-0.05, 0) is 17.2 Å². The van der Waals surface area contributed by atoms with Gasteiger partial charge in [0, 0.05) is 11.5 Å². The third kappa shape index (κ3) is 2.93. The molecule has 25 heavy (non-hydrogen) atoms. The van der Waals surface area contributed by atoms with Crippen LogP contribution in [-0.4, -0.2) is 42.8 Å². The molecule has 7 heteroatoms. The highest BCUT2D eigenvalue weighted by molar-refractivity contribution is 7.88. The number of sulfonamides is 1. The molecule has 2 aromatic rings. The number of nitriles is 1. The van der Waals surface area contributed by atoms with E-state index in [0.29, 0.717) is 16.7 Å². The van der Waals surface area contributed by atoms with Crippen molar-refractivity contribution in [3.8, 4) is 17.2 Å². The molecule has 130 valence electrons.